The van der Waals surface area contributed by atoms with Crippen molar-refractivity contribution in [3.05, 3.63) is 53.5 Å². The first-order chi connectivity index (χ1) is 11.3. The van der Waals surface area contributed by atoms with Crippen molar-refractivity contribution in [3.8, 4) is 0 Å². The summed E-state index contributed by atoms with van der Waals surface area (Å²) in [6.07, 6.45) is 2.59. The van der Waals surface area contributed by atoms with E-state index in [0.717, 1.165) is 24.5 Å². The number of benzene rings is 1. The maximum Gasteiger partial charge on any atom is 0.254 e. The Bertz CT molecular complexity index is 794. The molecule has 0 saturated heterocycles. The van der Waals surface area contributed by atoms with E-state index >= 15 is 0 Å². The summed E-state index contributed by atoms with van der Waals surface area (Å²) in [5.74, 6) is 1.82. The van der Waals surface area contributed by atoms with Crippen molar-refractivity contribution in [1.29, 1.82) is 0 Å². The number of rotatable bonds is 2. The molecule has 0 bridgehead atoms. The molecular formula is C18H23N5. The van der Waals surface area contributed by atoms with Crippen LogP contribution in [-0.4, -0.2) is 26.1 Å². The zero-order valence-electron chi connectivity index (χ0n) is 14.2. The number of anilines is 1. The lowest BCUT2D eigenvalue weighted by atomic mass is 10.1. The van der Waals surface area contributed by atoms with Gasteiger partial charge in [-0.1, -0.05) is 44.2 Å². The van der Waals surface area contributed by atoms with Crippen LogP contribution in [-0.2, 0) is 6.42 Å². The molecule has 0 spiro atoms. The van der Waals surface area contributed by atoms with Crippen molar-refractivity contribution in [2.75, 3.05) is 11.4 Å². The van der Waals surface area contributed by atoms with Crippen LogP contribution in [0.25, 0.3) is 5.78 Å². The minimum atomic E-state index is 0.307. The molecule has 0 N–H and O–H groups in total. The highest BCUT2D eigenvalue weighted by Gasteiger charge is 2.29. The number of nitrogens with zero attached hydrogens (tertiary/aromatic N) is 5. The van der Waals surface area contributed by atoms with Gasteiger partial charge in [0.2, 0.25) is 0 Å². The Hall–Kier alpha value is -2.43. The van der Waals surface area contributed by atoms with Gasteiger partial charge in [-0.15, -0.1) is 0 Å². The number of hydrogen-bond acceptors (Lipinski definition) is 4. The third-order valence-electron chi connectivity index (χ3n) is 4.33. The summed E-state index contributed by atoms with van der Waals surface area (Å²) in [6, 6.07) is 10.9. The van der Waals surface area contributed by atoms with E-state index in [0.29, 0.717) is 11.8 Å². The quantitative estimate of drug-likeness (QED) is 0.726. The van der Waals surface area contributed by atoms with Crippen LogP contribution in [0.1, 0.15) is 43.6 Å². The molecule has 4 rings (SSSR count). The van der Waals surface area contributed by atoms with Crippen LogP contribution in [0.4, 0.5) is 5.82 Å². The van der Waals surface area contributed by atoms with E-state index in [-0.39, 0.29) is 0 Å². The van der Waals surface area contributed by atoms with E-state index in [1.54, 1.807) is 6.33 Å². The fourth-order valence-corrected chi connectivity index (χ4v) is 3.18. The van der Waals surface area contributed by atoms with Gasteiger partial charge in [-0.25, -0.2) is 4.98 Å². The van der Waals surface area contributed by atoms with Crippen LogP contribution in [0.3, 0.4) is 0 Å². The Morgan fingerprint density at radius 1 is 1.13 bits per heavy atom. The molecule has 1 aliphatic heterocycles. The van der Waals surface area contributed by atoms with E-state index in [4.69, 9.17) is 0 Å². The third-order valence-corrected chi connectivity index (χ3v) is 4.33. The molecule has 0 saturated carbocycles. The lowest BCUT2D eigenvalue weighted by molar-refractivity contribution is 0.678. The maximum absolute atomic E-state index is 4.54. The predicted molar refractivity (Wildman–Crippen MR) is 92.8 cm³/mol. The summed E-state index contributed by atoms with van der Waals surface area (Å²) in [4.78, 5) is 11.2. The molecule has 2 aromatic heterocycles. The Balaban J connectivity index is 0.000000753. The van der Waals surface area contributed by atoms with Gasteiger partial charge in [0.1, 0.15) is 12.1 Å². The van der Waals surface area contributed by atoms with Crippen molar-refractivity contribution in [2.24, 2.45) is 0 Å². The summed E-state index contributed by atoms with van der Waals surface area (Å²) in [6.45, 7) is 9.29. The highest BCUT2D eigenvalue weighted by Crippen LogP contribution is 2.35. The fourth-order valence-electron chi connectivity index (χ4n) is 3.18. The van der Waals surface area contributed by atoms with E-state index < -0.39 is 0 Å². The summed E-state index contributed by atoms with van der Waals surface area (Å²) in [5.41, 5.74) is 3.66. The summed E-state index contributed by atoms with van der Waals surface area (Å²) in [7, 11) is 0. The molecule has 1 aliphatic rings. The van der Waals surface area contributed by atoms with Gasteiger partial charge in [-0.2, -0.15) is 14.6 Å². The zero-order valence-corrected chi connectivity index (χ0v) is 14.2. The topological polar surface area (TPSA) is 46.3 Å². The van der Waals surface area contributed by atoms with Crippen LogP contribution in [0.15, 0.2) is 36.7 Å². The van der Waals surface area contributed by atoms with Crippen molar-refractivity contribution >= 4 is 11.6 Å². The molecule has 1 atom stereocenters. The van der Waals surface area contributed by atoms with Crippen molar-refractivity contribution in [2.45, 2.75) is 40.2 Å². The summed E-state index contributed by atoms with van der Waals surface area (Å²) in [5, 5.41) is 4.36. The number of aryl methyl sites for hydroxylation is 1. The molecule has 0 fully saturated rings. The standard InChI is InChI=1S/C16H17N5.C2H6/c1-11-14-8-9-20(12(2)13-6-4-3-5-7-13)15(14)21-16(19-11)17-10-18-21;1-2/h3-7,10,12H,8-9H2,1-2H3;1-2H3/t12-;/m0./s1. The molecule has 3 heterocycles. The van der Waals surface area contributed by atoms with Crippen molar-refractivity contribution in [1.82, 2.24) is 19.6 Å². The monoisotopic (exact) mass is 309 g/mol. The Kier molecular flexibility index (Phi) is 4.28. The van der Waals surface area contributed by atoms with Gasteiger partial charge < -0.3 is 4.90 Å². The van der Waals surface area contributed by atoms with Gasteiger partial charge >= 0.3 is 0 Å². The number of fused-ring (bicyclic) bond motifs is 3. The lowest BCUT2D eigenvalue weighted by Gasteiger charge is -2.27. The average molecular weight is 309 g/mol. The molecule has 0 amide bonds. The first kappa shape index (κ1) is 15.5. The van der Waals surface area contributed by atoms with Crippen molar-refractivity contribution < 1.29 is 0 Å². The van der Waals surface area contributed by atoms with E-state index in [9.17, 15) is 0 Å². The van der Waals surface area contributed by atoms with Gasteiger partial charge in [-0.05, 0) is 25.8 Å². The van der Waals surface area contributed by atoms with Gasteiger partial charge in [-0.3, -0.25) is 0 Å². The van der Waals surface area contributed by atoms with Crippen molar-refractivity contribution in [3.63, 3.8) is 0 Å². The second-order valence-electron chi connectivity index (χ2n) is 5.50. The van der Waals surface area contributed by atoms with Crippen LogP contribution in [0.5, 0.6) is 0 Å². The molecule has 3 aromatic rings. The summed E-state index contributed by atoms with van der Waals surface area (Å²) >= 11 is 0. The lowest BCUT2D eigenvalue weighted by Crippen LogP contribution is -2.26. The van der Waals surface area contributed by atoms with Gasteiger partial charge in [0.15, 0.2) is 0 Å². The molecule has 1 aromatic carbocycles. The molecule has 0 unspecified atom stereocenters. The Morgan fingerprint density at radius 3 is 2.61 bits per heavy atom. The first-order valence-corrected chi connectivity index (χ1v) is 8.26. The SMILES string of the molecule is CC.Cc1nc2ncnn2c2c1CCN2[C@@H](C)c1ccccc1. The highest BCUT2D eigenvalue weighted by atomic mass is 15.4. The van der Waals surface area contributed by atoms with Gasteiger partial charge in [0, 0.05) is 17.8 Å². The highest BCUT2D eigenvalue weighted by molar-refractivity contribution is 5.59. The molecule has 0 radical (unpaired) electrons. The van der Waals surface area contributed by atoms with Crippen LogP contribution >= 0.6 is 0 Å². The molecule has 5 nitrogen and oxygen atoms in total. The molecular weight excluding hydrogens is 286 g/mol. The first-order valence-electron chi connectivity index (χ1n) is 8.26. The summed E-state index contributed by atoms with van der Waals surface area (Å²) < 4.78 is 1.87. The number of hydrogen-bond donors (Lipinski definition) is 0. The maximum atomic E-state index is 4.54. The Labute approximate surface area is 137 Å². The van der Waals surface area contributed by atoms with Crippen LogP contribution in [0.2, 0.25) is 0 Å². The van der Waals surface area contributed by atoms with E-state index in [1.165, 1.54) is 11.1 Å². The van der Waals surface area contributed by atoms with Gasteiger partial charge in [0.25, 0.3) is 5.78 Å². The number of aromatic nitrogens is 4. The van der Waals surface area contributed by atoms with Crippen LogP contribution < -0.4 is 4.90 Å². The molecule has 5 heteroatoms. The molecule has 0 aliphatic carbocycles. The molecule has 23 heavy (non-hydrogen) atoms. The Morgan fingerprint density at radius 2 is 1.87 bits per heavy atom. The van der Waals surface area contributed by atoms with E-state index in [1.807, 2.05) is 18.4 Å². The minimum Gasteiger partial charge on any atom is -0.349 e. The smallest absolute Gasteiger partial charge is 0.254 e. The van der Waals surface area contributed by atoms with Gasteiger partial charge in [0.05, 0.1) is 6.04 Å². The van der Waals surface area contributed by atoms with Crippen LogP contribution in [0, 0.1) is 6.92 Å². The zero-order chi connectivity index (χ0) is 16.4. The fraction of sp³-hybridized carbons (Fsp3) is 0.389. The van der Waals surface area contributed by atoms with E-state index in [2.05, 4.69) is 64.1 Å². The minimum absolute atomic E-state index is 0.307. The predicted octanol–water partition coefficient (Wildman–Crippen LogP) is 3.58. The molecule has 120 valence electrons. The third kappa shape index (κ3) is 2.56. The second kappa shape index (κ2) is 6.36. The largest absolute Gasteiger partial charge is 0.349 e. The average Bonchev–Trinajstić information content (AvgIpc) is 3.23. The second-order valence-corrected chi connectivity index (χ2v) is 5.50. The normalized spacial score (nSPS) is 14.3.